The van der Waals surface area contributed by atoms with Crippen LogP contribution in [0.1, 0.15) is 33.6 Å². The molecule has 0 aliphatic carbocycles. The normalized spacial score (nSPS) is 25.6. The second kappa shape index (κ2) is 4.45. The summed E-state index contributed by atoms with van der Waals surface area (Å²) in [6.45, 7) is 10.5. The van der Waals surface area contributed by atoms with Crippen LogP contribution in [0, 0.1) is 0 Å². The number of nitrogens with two attached hydrogens (primary N) is 1. The first-order valence-corrected chi connectivity index (χ1v) is 5.63. The molecule has 1 atom stereocenters. The lowest BCUT2D eigenvalue weighted by Gasteiger charge is -2.26. The van der Waals surface area contributed by atoms with Gasteiger partial charge in [-0.15, -0.1) is 6.58 Å². The molecule has 0 unspecified atom stereocenters. The molecular weight excluding hydrogens is 204 g/mol. The smallest absolute Gasteiger partial charge is 0.410 e. The molecule has 16 heavy (non-hydrogen) atoms. The predicted molar refractivity (Wildman–Crippen MR) is 64.2 cm³/mol. The summed E-state index contributed by atoms with van der Waals surface area (Å²) in [4.78, 5) is 13.5. The van der Waals surface area contributed by atoms with Gasteiger partial charge >= 0.3 is 6.09 Å². The molecule has 1 saturated heterocycles. The maximum absolute atomic E-state index is 11.8. The summed E-state index contributed by atoms with van der Waals surface area (Å²) >= 11 is 0. The van der Waals surface area contributed by atoms with Crippen molar-refractivity contribution in [2.24, 2.45) is 5.73 Å². The molecule has 1 aliphatic heterocycles. The van der Waals surface area contributed by atoms with E-state index in [4.69, 9.17) is 10.5 Å². The molecule has 0 aromatic carbocycles. The fourth-order valence-corrected chi connectivity index (χ4v) is 1.83. The second-order valence-corrected chi connectivity index (χ2v) is 5.51. The number of carbonyl (C=O) groups is 1. The predicted octanol–water partition coefficient (Wildman–Crippen LogP) is 1.90. The van der Waals surface area contributed by atoms with E-state index in [9.17, 15) is 4.79 Å². The number of nitrogens with zero attached hydrogens (tertiary/aromatic N) is 1. The first-order valence-electron chi connectivity index (χ1n) is 5.63. The minimum atomic E-state index is -0.449. The largest absolute Gasteiger partial charge is 0.444 e. The van der Waals surface area contributed by atoms with E-state index in [1.807, 2.05) is 20.8 Å². The number of carbonyl (C=O) groups excluding carboxylic acids is 1. The molecule has 92 valence electrons. The van der Waals surface area contributed by atoms with E-state index in [1.54, 1.807) is 11.0 Å². The van der Waals surface area contributed by atoms with Gasteiger partial charge in [0.2, 0.25) is 0 Å². The minimum absolute atomic E-state index is 0.274. The van der Waals surface area contributed by atoms with Crippen molar-refractivity contribution < 1.29 is 9.53 Å². The first kappa shape index (κ1) is 13.0. The van der Waals surface area contributed by atoms with Gasteiger partial charge in [-0.3, -0.25) is 0 Å². The molecule has 4 heteroatoms. The summed E-state index contributed by atoms with van der Waals surface area (Å²) in [6, 6.07) is 0. The van der Waals surface area contributed by atoms with Crippen LogP contribution >= 0.6 is 0 Å². The Bertz CT molecular complexity index is 283. The van der Waals surface area contributed by atoms with Crippen LogP contribution in [0.15, 0.2) is 12.7 Å². The highest BCUT2D eigenvalue weighted by atomic mass is 16.6. The van der Waals surface area contributed by atoms with E-state index in [2.05, 4.69) is 6.58 Å². The quantitative estimate of drug-likeness (QED) is 0.732. The molecule has 4 nitrogen and oxygen atoms in total. The molecule has 0 spiro atoms. The summed E-state index contributed by atoms with van der Waals surface area (Å²) in [5.41, 5.74) is 5.37. The van der Waals surface area contributed by atoms with E-state index >= 15 is 0 Å². The van der Waals surface area contributed by atoms with Crippen molar-refractivity contribution in [3.05, 3.63) is 12.7 Å². The molecule has 0 bridgehead atoms. The van der Waals surface area contributed by atoms with Crippen LogP contribution < -0.4 is 5.73 Å². The third kappa shape index (κ3) is 3.52. The zero-order valence-electron chi connectivity index (χ0n) is 10.5. The topological polar surface area (TPSA) is 55.6 Å². The molecular formula is C12H22N2O2. The summed E-state index contributed by atoms with van der Waals surface area (Å²) in [5.74, 6) is 0. The van der Waals surface area contributed by atoms with Crippen molar-refractivity contribution in [1.82, 2.24) is 4.90 Å². The highest BCUT2D eigenvalue weighted by Gasteiger charge is 2.37. The van der Waals surface area contributed by atoms with E-state index in [-0.39, 0.29) is 11.6 Å². The SMILES string of the molecule is C=CC[C@@]1(N)CCN(C(=O)OC(C)(C)C)C1. The van der Waals surface area contributed by atoms with Gasteiger partial charge in [0.05, 0.1) is 0 Å². The van der Waals surface area contributed by atoms with Crippen molar-refractivity contribution in [1.29, 1.82) is 0 Å². The lowest BCUT2D eigenvalue weighted by molar-refractivity contribution is 0.0285. The molecule has 0 aromatic rings. The number of hydrogen-bond acceptors (Lipinski definition) is 3. The van der Waals surface area contributed by atoms with Gasteiger partial charge in [0.1, 0.15) is 5.60 Å². The van der Waals surface area contributed by atoms with Gasteiger partial charge in [-0.25, -0.2) is 4.79 Å². The van der Waals surface area contributed by atoms with Crippen LogP contribution in [0.4, 0.5) is 4.79 Å². The Morgan fingerprint density at radius 3 is 2.75 bits per heavy atom. The lowest BCUT2D eigenvalue weighted by atomic mass is 9.96. The van der Waals surface area contributed by atoms with E-state index < -0.39 is 5.60 Å². The van der Waals surface area contributed by atoms with Crippen LogP contribution in [0.3, 0.4) is 0 Å². The maximum Gasteiger partial charge on any atom is 0.410 e. The van der Waals surface area contributed by atoms with Gasteiger partial charge in [0.15, 0.2) is 0 Å². The Kier molecular flexibility index (Phi) is 3.63. The molecule has 1 aliphatic rings. The summed E-state index contributed by atoms with van der Waals surface area (Å²) in [6.07, 6.45) is 3.06. The number of rotatable bonds is 2. The molecule has 0 radical (unpaired) electrons. The van der Waals surface area contributed by atoms with E-state index in [0.717, 1.165) is 12.8 Å². The third-order valence-electron chi connectivity index (χ3n) is 2.59. The first-order chi connectivity index (χ1) is 7.26. The van der Waals surface area contributed by atoms with Crippen LogP contribution in [0.2, 0.25) is 0 Å². The maximum atomic E-state index is 11.8. The standard InChI is InChI=1S/C12H22N2O2/c1-5-6-12(13)7-8-14(9-12)10(15)16-11(2,3)4/h5H,1,6-9,13H2,2-4H3/t12-/m1/s1. The van der Waals surface area contributed by atoms with Crippen LogP contribution in [-0.4, -0.2) is 35.2 Å². The van der Waals surface area contributed by atoms with Gasteiger partial charge in [0, 0.05) is 18.6 Å². The second-order valence-electron chi connectivity index (χ2n) is 5.51. The fourth-order valence-electron chi connectivity index (χ4n) is 1.83. The van der Waals surface area contributed by atoms with Crippen LogP contribution in [0.5, 0.6) is 0 Å². The Morgan fingerprint density at radius 1 is 1.62 bits per heavy atom. The van der Waals surface area contributed by atoms with E-state index in [1.165, 1.54) is 0 Å². The lowest BCUT2D eigenvalue weighted by Crippen LogP contribution is -2.44. The van der Waals surface area contributed by atoms with Gasteiger partial charge in [-0.1, -0.05) is 6.08 Å². The molecule has 2 N–H and O–H groups in total. The van der Waals surface area contributed by atoms with Crippen molar-refractivity contribution in [3.63, 3.8) is 0 Å². The zero-order chi connectivity index (χ0) is 12.4. The van der Waals surface area contributed by atoms with Crippen LogP contribution in [-0.2, 0) is 4.74 Å². The Labute approximate surface area is 97.4 Å². The molecule has 1 heterocycles. The molecule has 1 rings (SSSR count). The summed E-state index contributed by atoms with van der Waals surface area (Å²) in [7, 11) is 0. The van der Waals surface area contributed by atoms with E-state index in [0.29, 0.717) is 13.1 Å². The van der Waals surface area contributed by atoms with Crippen molar-refractivity contribution in [3.8, 4) is 0 Å². The van der Waals surface area contributed by atoms with Crippen molar-refractivity contribution >= 4 is 6.09 Å². The average molecular weight is 226 g/mol. The monoisotopic (exact) mass is 226 g/mol. The molecule has 0 saturated carbocycles. The molecule has 1 fully saturated rings. The number of ether oxygens (including phenoxy) is 1. The zero-order valence-corrected chi connectivity index (χ0v) is 10.5. The van der Waals surface area contributed by atoms with Gasteiger partial charge in [0.25, 0.3) is 0 Å². The summed E-state index contributed by atoms with van der Waals surface area (Å²) < 4.78 is 5.30. The van der Waals surface area contributed by atoms with Gasteiger partial charge < -0.3 is 15.4 Å². The van der Waals surface area contributed by atoms with Crippen LogP contribution in [0.25, 0.3) is 0 Å². The summed E-state index contributed by atoms with van der Waals surface area (Å²) in [5, 5.41) is 0. The molecule has 1 amide bonds. The van der Waals surface area contributed by atoms with Gasteiger partial charge in [-0.2, -0.15) is 0 Å². The Balaban J connectivity index is 2.53. The van der Waals surface area contributed by atoms with Crippen molar-refractivity contribution in [2.45, 2.75) is 44.8 Å². The molecule has 0 aromatic heterocycles. The fraction of sp³-hybridized carbons (Fsp3) is 0.750. The Hall–Kier alpha value is -1.03. The number of hydrogen-bond donors (Lipinski definition) is 1. The third-order valence-corrected chi connectivity index (χ3v) is 2.59. The number of amides is 1. The van der Waals surface area contributed by atoms with Crippen molar-refractivity contribution in [2.75, 3.05) is 13.1 Å². The highest BCUT2D eigenvalue weighted by Crippen LogP contribution is 2.24. The minimum Gasteiger partial charge on any atom is -0.444 e. The Morgan fingerprint density at radius 2 is 2.25 bits per heavy atom. The average Bonchev–Trinajstić information content (AvgIpc) is 2.45. The van der Waals surface area contributed by atoms with Gasteiger partial charge in [-0.05, 0) is 33.6 Å². The highest BCUT2D eigenvalue weighted by molar-refractivity contribution is 5.68. The number of likely N-dealkylation sites (tertiary alicyclic amines) is 1.